The summed E-state index contributed by atoms with van der Waals surface area (Å²) in [6, 6.07) is 13.4. The smallest absolute Gasteiger partial charge is 0.0676 e. The summed E-state index contributed by atoms with van der Waals surface area (Å²) in [4.78, 5) is 1.41. The van der Waals surface area contributed by atoms with Crippen molar-refractivity contribution in [3.8, 4) is 0 Å². The molecule has 94 valence electrons. The highest BCUT2D eigenvalue weighted by Crippen LogP contribution is 2.46. The number of thiophene rings is 1. The van der Waals surface area contributed by atoms with Crippen molar-refractivity contribution in [2.45, 2.75) is 18.4 Å². The molecule has 1 aromatic carbocycles. The molecule has 2 heterocycles. The van der Waals surface area contributed by atoms with Crippen molar-refractivity contribution in [1.29, 1.82) is 0 Å². The van der Waals surface area contributed by atoms with Gasteiger partial charge >= 0.3 is 0 Å². The van der Waals surface area contributed by atoms with Crippen LogP contribution < -0.4 is 5.32 Å². The van der Waals surface area contributed by atoms with Crippen molar-refractivity contribution in [3.05, 3.63) is 52.2 Å². The van der Waals surface area contributed by atoms with Crippen molar-refractivity contribution in [1.82, 2.24) is 0 Å². The second-order valence-corrected chi connectivity index (χ2v) is 5.59. The van der Waals surface area contributed by atoms with E-state index in [1.54, 1.807) is 7.11 Å². The first-order chi connectivity index (χ1) is 8.90. The monoisotopic (exact) mass is 259 g/mol. The zero-order chi connectivity index (χ0) is 12.4. The maximum Gasteiger partial charge on any atom is 0.0676 e. The highest BCUT2D eigenvalue weighted by atomic mass is 32.1. The van der Waals surface area contributed by atoms with Gasteiger partial charge < -0.3 is 10.1 Å². The summed E-state index contributed by atoms with van der Waals surface area (Å²) in [6.07, 6.45) is 1.06. The van der Waals surface area contributed by atoms with E-state index in [-0.39, 0.29) is 0 Å². The SMILES string of the molecule is COCC[C@H]1c2ccccc2N[C@H]1c1cccs1. The van der Waals surface area contributed by atoms with E-state index < -0.39 is 0 Å². The fraction of sp³-hybridized carbons (Fsp3) is 0.333. The van der Waals surface area contributed by atoms with E-state index >= 15 is 0 Å². The molecule has 2 nitrogen and oxygen atoms in total. The molecule has 18 heavy (non-hydrogen) atoms. The van der Waals surface area contributed by atoms with Crippen LogP contribution >= 0.6 is 11.3 Å². The number of nitrogens with one attached hydrogen (secondary N) is 1. The average molecular weight is 259 g/mol. The van der Waals surface area contributed by atoms with Gasteiger partial charge in [-0.25, -0.2) is 0 Å². The summed E-state index contributed by atoms with van der Waals surface area (Å²) < 4.78 is 5.26. The second-order valence-electron chi connectivity index (χ2n) is 4.61. The molecule has 0 unspecified atom stereocenters. The third-order valence-corrected chi connectivity index (χ3v) is 4.51. The lowest BCUT2D eigenvalue weighted by Gasteiger charge is -2.19. The maximum absolute atomic E-state index is 5.26. The molecule has 0 spiro atoms. The highest BCUT2D eigenvalue weighted by molar-refractivity contribution is 7.10. The molecule has 0 aliphatic carbocycles. The second kappa shape index (κ2) is 5.12. The van der Waals surface area contributed by atoms with Crippen molar-refractivity contribution in [2.24, 2.45) is 0 Å². The molecule has 0 saturated heterocycles. The minimum absolute atomic E-state index is 0.401. The molecule has 0 fully saturated rings. The van der Waals surface area contributed by atoms with Gasteiger partial charge in [0.05, 0.1) is 6.04 Å². The predicted octanol–water partition coefficient (Wildman–Crippen LogP) is 4.04. The van der Waals surface area contributed by atoms with Gasteiger partial charge in [-0.1, -0.05) is 24.3 Å². The van der Waals surface area contributed by atoms with Gasteiger partial charge in [-0.3, -0.25) is 0 Å². The van der Waals surface area contributed by atoms with Crippen LogP contribution in [-0.4, -0.2) is 13.7 Å². The lowest BCUT2D eigenvalue weighted by Crippen LogP contribution is -2.12. The van der Waals surface area contributed by atoms with Crippen molar-refractivity contribution in [2.75, 3.05) is 19.0 Å². The predicted molar refractivity (Wildman–Crippen MR) is 76.4 cm³/mol. The summed E-state index contributed by atoms with van der Waals surface area (Å²) in [7, 11) is 1.77. The van der Waals surface area contributed by atoms with Crippen LogP contribution in [0.25, 0.3) is 0 Å². The fourth-order valence-electron chi connectivity index (χ4n) is 2.70. The summed E-state index contributed by atoms with van der Waals surface area (Å²) in [5.74, 6) is 0.514. The van der Waals surface area contributed by atoms with Crippen LogP contribution in [0.1, 0.15) is 28.8 Å². The summed E-state index contributed by atoms with van der Waals surface area (Å²) in [6.45, 7) is 0.808. The number of benzene rings is 1. The number of fused-ring (bicyclic) bond motifs is 1. The van der Waals surface area contributed by atoms with Crippen molar-refractivity contribution in [3.63, 3.8) is 0 Å². The lowest BCUT2D eigenvalue weighted by atomic mass is 9.91. The Labute approximate surface area is 112 Å². The molecule has 0 bridgehead atoms. The molecule has 2 aromatic rings. The topological polar surface area (TPSA) is 21.3 Å². The van der Waals surface area contributed by atoms with Gasteiger partial charge in [-0.2, -0.15) is 0 Å². The maximum atomic E-state index is 5.26. The van der Waals surface area contributed by atoms with Crippen LogP contribution in [0, 0.1) is 0 Å². The molecule has 1 aromatic heterocycles. The van der Waals surface area contributed by atoms with Crippen LogP contribution in [0.15, 0.2) is 41.8 Å². The summed E-state index contributed by atoms with van der Waals surface area (Å²) in [5, 5.41) is 5.80. The van der Waals surface area contributed by atoms with Crippen LogP contribution in [0.5, 0.6) is 0 Å². The molecule has 3 heteroatoms. The lowest BCUT2D eigenvalue weighted by molar-refractivity contribution is 0.186. The van der Waals surface area contributed by atoms with Gasteiger partial charge in [-0.05, 0) is 29.5 Å². The fourth-order valence-corrected chi connectivity index (χ4v) is 3.55. The Hall–Kier alpha value is -1.32. The number of rotatable bonds is 4. The Balaban J connectivity index is 1.92. The minimum Gasteiger partial charge on any atom is -0.385 e. The Morgan fingerprint density at radius 3 is 2.89 bits per heavy atom. The number of anilines is 1. The van der Waals surface area contributed by atoms with E-state index in [4.69, 9.17) is 4.74 Å². The Bertz CT molecular complexity index is 509. The molecular formula is C15H17NOS. The highest BCUT2D eigenvalue weighted by Gasteiger charge is 2.32. The molecule has 1 N–H and O–H groups in total. The molecule has 1 aliphatic heterocycles. The molecule has 2 atom stereocenters. The third kappa shape index (κ3) is 2.04. The normalized spacial score (nSPS) is 21.6. The number of methoxy groups -OCH3 is 1. The Kier molecular flexibility index (Phi) is 3.35. The van der Waals surface area contributed by atoms with E-state index in [1.165, 1.54) is 16.1 Å². The van der Waals surface area contributed by atoms with E-state index in [0.29, 0.717) is 12.0 Å². The Morgan fingerprint density at radius 2 is 2.11 bits per heavy atom. The van der Waals surface area contributed by atoms with Crippen LogP contribution in [0.4, 0.5) is 5.69 Å². The van der Waals surface area contributed by atoms with E-state index in [2.05, 4.69) is 47.1 Å². The van der Waals surface area contributed by atoms with E-state index in [1.807, 2.05) is 11.3 Å². The molecule has 3 rings (SSSR count). The number of hydrogen-bond donors (Lipinski definition) is 1. The van der Waals surface area contributed by atoms with Gasteiger partial charge in [0, 0.05) is 30.2 Å². The van der Waals surface area contributed by atoms with Gasteiger partial charge in [0.25, 0.3) is 0 Å². The quantitative estimate of drug-likeness (QED) is 0.895. The average Bonchev–Trinajstić information content (AvgIpc) is 3.03. The number of ether oxygens (including phenoxy) is 1. The first kappa shape index (κ1) is 11.8. The van der Waals surface area contributed by atoms with Gasteiger partial charge in [0.2, 0.25) is 0 Å². The number of para-hydroxylation sites is 1. The molecule has 0 saturated carbocycles. The molecular weight excluding hydrogens is 242 g/mol. The molecule has 1 aliphatic rings. The van der Waals surface area contributed by atoms with Crippen LogP contribution in [0.3, 0.4) is 0 Å². The van der Waals surface area contributed by atoms with Crippen LogP contribution in [0.2, 0.25) is 0 Å². The third-order valence-electron chi connectivity index (χ3n) is 3.56. The first-order valence-corrected chi connectivity index (χ1v) is 7.16. The van der Waals surface area contributed by atoms with Crippen LogP contribution in [-0.2, 0) is 4.74 Å². The molecule has 0 amide bonds. The van der Waals surface area contributed by atoms with Crippen molar-refractivity contribution >= 4 is 17.0 Å². The minimum atomic E-state index is 0.401. The van der Waals surface area contributed by atoms with E-state index in [9.17, 15) is 0 Å². The zero-order valence-electron chi connectivity index (χ0n) is 10.4. The van der Waals surface area contributed by atoms with Gasteiger partial charge in [0.1, 0.15) is 0 Å². The Morgan fingerprint density at radius 1 is 1.22 bits per heavy atom. The zero-order valence-corrected chi connectivity index (χ0v) is 11.2. The first-order valence-electron chi connectivity index (χ1n) is 6.28. The molecule has 0 radical (unpaired) electrons. The standard InChI is InChI=1S/C15H17NOS/c1-17-9-8-12-11-5-2-3-6-13(11)16-15(12)14-7-4-10-18-14/h2-7,10,12,15-16H,8-9H2,1H3/t12-,15+/m0/s1. The van der Waals surface area contributed by atoms with Gasteiger partial charge in [-0.15, -0.1) is 11.3 Å². The largest absolute Gasteiger partial charge is 0.385 e. The number of hydrogen-bond acceptors (Lipinski definition) is 3. The summed E-state index contributed by atoms with van der Waals surface area (Å²) in [5.41, 5.74) is 2.70. The van der Waals surface area contributed by atoms with Gasteiger partial charge in [0.15, 0.2) is 0 Å². The van der Waals surface area contributed by atoms with Crippen molar-refractivity contribution < 1.29 is 4.74 Å². The van der Waals surface area contributed by atoms with E-state index in [0.717, 1.165) is 13.0 Å². The summed E-state index contributed by atoms with van der Waals surface area (Å²) >= 11 is 1.82.